The van der Waals surface area contributed by atoms with Crippen LogP contribution in [0.1, 0.15) is 24.6 Å². The van der Waals surface area contributed by atoms with E-state index in [2.05, 4.69) is 22.3 Å². The van der Waals surface area contributed by atoms with E-state index in [0.29, 0.717) is 11.6 Å². The fourth-order valence-corrected chi connectivity index (χ4v) is 2.06. The van der Waals surface area contributed by atoms with Crippen molar-refractivity contribution < 1.29 is 4.74 Å². The van der Waals surface area contributed by atoms with Gasteiger partial charge in [0.25, 0.3) is 0 Å². The summed E-state index contributed by atoms with van der Waals surface area (Å²) in [5, 5.41) is 0. The van der Waals surface area contributed by atoms with E-state index in [4.69, 9.17) is 10.6 Å². The van der Waals surface area contributed by atoms with E-state index in [1.165, 1.54) is 0 Å². The van der Waals surface area contributed by atoms with Crippen molar-refractivity contribution in [2.75, 3.05) is 12.5 Å². The zero-order valence-corrected chi connectivity index (χ0v) is 12.1. The van der Waals surface area contributed by atoms with Crippen molar-refractivity contribution in [3.05, 3.63) is 35.5 Å². The number of aryl methyl sites for hydroxylation is 2. The third-order valence-electron chi connectivity index (χ3n) is 3.03. The van der Waals surface area contributed by atoms with Crippen LogP contribution in [0, 0.1) is 6.92 Å². The van der Waals surface area contributed by atoms with Crippen LogP contribution >= 0.6 is 0 Å². The number of ether oxygens (including phenoxy) is 1. The molecule has 2 rings (SSSR count). The first kappa shape index (κ1) is 14.3. The summed E-state index contributed by atoms with van der Waals surface area (Å²) in [5.74, 6) is 7.49. The van der Waals surface area contributed by atoms with Crippen molar-refractivity contribution in [3.8, 4) is 17.1 Å². The lowest BCUT2D eigenvalue weighted by Crippen LogP contribution is -2.10. The summed E-state index contributed by atoms with van der Waals surface area (Å²) in [6, 6.07) is 7.83. The van der Waals surface area contributed by atoms with E-state index in [1.54, 1.807) is 7.11 Å². The molecule has 0 atom stereocenters. The Kier molecular flexibility index (Phi) is 4.53. The molecule has 5 nitrogen and oxygen atoms in total. The number of benzene rings is 1. The second-order valence-corrected chi connectivity index (χ2v) is 4.67. The van der Waals surface area contributed by atoms with Gasteiger partial charge in [-0.15, -0.1) is 0 Å². The van der Waals surface area contributed by atoms with Crippen LogP contribution in [0.5, 0.6) is 5.75 Å². The lowest BCUT2D eigenvalue weighted by atomic mass is 10.1. The Labute approximate surface area is 119 Å². The predicted octanol–water partition coefficient (Wildman–Crippen LogP) is 2.70. The maximum absolute atomic E-state index is 5.48. The molecule has 0 aliphatic rings. The van der Waals surface area contributed by atoms with Crippen molar-refractivity contribution in [3.63, 3.8) is 0 Å². The van der Waals surface area contributed by atoms with Crippen LogP contribution < -0.4 is 16.0 Å². The minimum absolute atomic E-state index is 0.612. The Morgan fingerprint density at radius 1 is 1.25 bits per heavy atom. The highest BCUT2D eigenvalue weighted by molar-refractivity contribution is 5.66. The molecule has 2 aromatic rings. The molecule has 1 aromatic heterocycles. The number of anilines is 1. The van der Waals surface area contributed by atoms with Gasteiger partial charge in [0.05, 0.1) is 12.7 Å². The monoisotopic (exact) mass is 272 g/mol. The third kappa shape index (κ3) is 3.05. The Balaban J connectivity index is 2.53. The van der Waals surface area contributed by atoms with Gasteiger partial charge in [-0.05, 0) is 31.0 Å². The standard InChI is InChI=1S/C15H20N4O/c1-4-5-11-9-14(19-16)18-15(17-11)12-7-6-10(2)8-13(12)20-3/h6-9H,4-5,16H2,1-3H3,(H,17,18,19). The second-order valence-electron chi connectivity index (χ2n) is 4.67. The van der Waals surface area contributed by atoms with E-state index in [0.717, 1.165) is 35.4 Å². The van der Waals surface area contributed by atoms with Crippen molar-refractivity contribution in [1.29, 1.82) is 0 Å². The van der Waals surface area contributed by atoms with Gasteiger partial charge in [0.1, 0.15) is 11.6 Å². The van der Waals surface area contributed by atoms with E-state index in [-0.39, 0.29) is 0 Å². The Bertz CT molecular complexity index is 598. The minimum Gasteiger partial charge on any atom is -0.496 e. The minimum atomic E-state index is 0.612. The van der Waals surface area contributed by atoms with Gasteiger partial charge < -0.3 is 10.2 Å². The van der Waals surface area contributed by atoms with E-state index in [9.17, 15) is 0 Å². The van der Waals surface area contributed by atoms with Gasteiger partial charge in [0, 0.05) is 11.8 Å². The Morgan fingerprint density at radius 3 is 2.70 bits per heavy atom. The smallest absolute Gasteiger partial charge is 0.165 e. The molecule has 1 aromatic carbocycles. The zero-order chi connectivity index (χ0) is 14.5. The van der Waals surface area contributed by atoms with Crippen LogP contribution in [0.2, 0.25) is 0 Å². The number of nitrogens with one attached hydrogen (secondary N) is 1. The molecule has 0 amide bonds. The highest BCUT2D eigenvalue weighted by Gasteiger charge is 2.11. The van der Waals surface area contributed by atoms with Crippen LogP contribution in [0.4, 0.5) is 5.82 Å². The van der Waals surface area contributed by atoms with Gasteiger partial charge in [0.15, 0.2) is 5.82 Å². The van der Waals surface area contributed by atoms with Crippen molar-refractivity contribution in [2.45, 2.75) is 26.7 Å². The first-order valence-electron chi connectivity index (χ1n) is 6.67. The molecular weight excluding hydrogens is 252 g/mol. The lowest BCUT2D eigenvalue weighted by molar-refractivity contribution is 0.416. The fourth-order valence-electron chi connectivity index (χ4n) is 2.06. The molecular formula is C15H20N4O. The molecule has 3 N–H and O–H groups in total. The van der Waals surface area contributed by atoms with E-state index >= 15 is 0 Å². The topological polar surface area (TPSA) is 73.1 Å². The number of nitrogens with zero attached hydrogens (tertiary/aromatic N) is 2. The third-order valence-corrected chi connectivity index (χ3v) is 3.03. The first-order valence-corrected chi connectivity index (χ1v) is 6.67. The Hall–Kier alpha value is -2.14. The number of hydrogen-bond acceptors (Lipinski definition) is 5. The highest BCUT2D eigenvalue weighted by atomic mass is 16.5. The summed E-state index contributed by atoms with van der Waals surface area (Å²) >= 11 is 0. The number of hydrazine groups is 1. The molecule has 0 bridgehead atoms. The molecule has 0 radical (unpaired) electrons. The van der Waals surface area contributed by atoms with Gasteiger partial charge in [0.2, 0.25) is 0 Å². The van der Waals surface area contributed by atoms with Gasteiger partial charge in [-0.2, -0.15) is 0 Å². The molecule has 0 saturated carbocycles. The van der Waals surface area contributed by atoms with Crippen molar-refractivity contribution in [1.82, 2.24) is 9.97 Å². The normalized spacial score (nSPS) is 10.4. The summed E-state index contributed by atoms with van der Waals surface area (Å²) in [7, 11) is 1.65. The van der Waals surface area contributed by atoms with Gasteiger partial charge in [-0.1, -0.05) is 19.4 Å². The van der Waals surface area contributed by atoms with Crippen LogP contribution in [-0.2, 0) is 6.42 Å². The molecule has 0 saturated heterocycles. The average molecular weight is 272 g/mol. The SMILES string of the molecule is CCCc1cc(NN)nc(-c2ccc(C)cc2OC)n1. The quantitative estimate of drug-likeness (QED) is 0.646. The zero-order valence-electron chi connectivity index (χ0n) is 12.1. The van der Waals surface area contributed by atoms with Crippen LogP contribution in [0.3, 0.4) is 0 Å². The Morgan fingerprint density at radius 2 is 2.05 bits per heavy atom. The molecule has 1 heterocycles. The highest BCUT2D eigenvalue weighted by Crippen LogP contribution is 2.29. The second kappa shape index (κ2) is 6.34. The molecule has 5 heteroatoms. The largest absolute Gasteiger partial charge is 0.496 e. The maximum Gasteiger partial charge on any atom is 0.165 e. The molecule has 0 aliphatic carbocycles. The number of hydrogen-bond donors (Lipinski definition) is 2. The van der Waals surface area contributed by atoms with Gasteiger partial charge >= 0.3 is 0 Å². The number of rotatable bonds is 5. The van der Waals surface area contributed by atoms with Gasteiger partial charge in [-0.25, -0.2) is 15.8 Å². The lowest BCUT2D eigenvalue weighted by Gasteiger charge is -2.11. The summed E-state index contributed by atoms with van der Waals surface area (Å²) < 4.78 is 5.42. The van der Waals surface area contributed by atoms with Crippen LogP contribution in [0.15, 0.2) is 24.3 Å². The maximum atomic E-state index is 5.48. The summed E-state index contributed by atoms with van der Waals surface area (Å²) in [6.07, 6.45) is 1.91. The van der Waals surface area contributed by atoms with Gasteiger partial charge in [-0.3, -0.25) is 0 Å². The molecule has 0 aliphatic heterocycles. The summed E-state index contributed by atoms with van der Waals surface area (Å²) in [4.78, 5) is 9.01. The number of methoxy groups -OCH3 is 1. The molecule has 0 fully saturated rings. The summed E-state index contributed by atoms with van der Waals surface area (Å²) in [5.41, 5.74) is 5.56. The summed E-state index contributed by atoms with van der Waals surface area (Å²) in [6.45, 7) is 4.14. The predicted molar refractivity (Wildman–Crippen MR) is 80.6 cm³/mol. The first-order chi connectivity index (χ1) is 9.67. The molecule has 20 heavy (non-hydrogen) atoms. The van der Waals surface area contributed by atoms with Crippen molar-refractivity contribution >= 4 is 5.82 Å². The number of nitrogen functional groups attached to an aromatic ring is 1. The van der Waals surface area contributed by atoms with Crippen molar-refractivity contribution in [2.24, 2.45) is 5.84 Å². The van der Waals surface area contributed by atoms with Crippen LogP contribution in [-0.4, -0.2) is 17.1 Å². The van der Waals surface area contributed by atoms with Crippen LogP contribution in [0.25, 0.3) is 11.4 Å². The van der Waals surface area contributed by atoms with E-state index < -0.39 is 0 Å². The molecule has 106 valence electrons. The van der Waals surface area contributed by atoms with E-state index in [1.807, 2.05) is 31.2 Å². The average Bonchev–Trinajstić information content (AvgIpc) is 2.47. The fraction of sp³-hybridized carbons (Fsp3) is 0.333. The number of nitrogens with two attached hydrogens (primary N) is 1. The molecule has 0 spiro atoms. The molecule has 0 unspecified atom stereocenters. The number of aromatic nitrogens is 2.